The van der Waals surface area contributed by atoms with Gasteiger partial charge in [0.1, 0.15) is 5.82 Å². The standard InChI is InChI=1S/C27H28N6O/c1-3-33(17-16-32(2)26-20-29-14-15-30-26)25-18-22(21-8-5-4-6-9-21)11-12-24(25)31-27(34)23-10-7-13-28-19-23/h4-15,18-20H,3,16-17H2,1-2H3,(H,31,34). The Hall–Kier alpha value is -4.26. The molecule has 0 fully saturated rings. The largest absolute Gasteiger partial charge is 0.368 e. The highest BCUT2D eigenvalue weighted by Crippen LogP contribution is 2.32. The number of hydrogen-bond donors (Lipinski definition) is 1. The van der Waals surface area contributed by atoms with Gasteiger partial charge in [-0.25, -0.2) is 4.98 Å². The first-order chi connectivity index (χ1) is 16.7. The number of carbonyl (C=O) groups is 1. The Morgan fingerprint density at radius 3 is 2.41 bits per heavy atom. The predicted molar refractivity (Wildman–Crippen MR) is 137 cm³/mol. The Morgan fingerprint density at radius 1 is 0.882 bits per heavy atom. The highest BCUT2D eigenvalue weighted by atomic mass is 16.1. The summed E-state index contributed by atoms with van der Waals surface area (Å²) in [5.74, 6) is 0.635. The molecule has 1 N–H and O–H groups in total. The monoisotopic (exact) mass is 452 g/mol. The zero-order valence-corrected chi connectivity index (χ0v) is 19.4. The van der Waals surface area contributed by atoms with E-state index in [2.05, 4.69) is 55.2 Å². The van der Waals surface area contributed by atoms with Gasteiger partial charge in [0.05, 0.1) is 23.1 Å². The average Bonchev–Trinajstić information content (AvgIpc) is 2.91. The van der Waals surface area contributed by atoms with Crippen molar-refractivity contribution in [3.05, 3.63) is 97.2 Å². The number of carbonyl (C=O) groups excluding carboxylic acids is 1. The Kier molecular flexibility index (Phi) is 7.45. The Labute approximate surface area is 200 Å². The van der Waals surface area contributed by atoms with E-state index in [9.17, 15) is 4.79 Å². The predicted octanol–water partition coefficient (Wildman–Crippen LogP) is 4.75. The molecule has 4 aromatic rings. The zero-order chi connectivity index (χ0) is 23.8. The fraction of sp³-hybridized carbons (Fsp3) is 0.185. The summed E-state index contributed by atoms with van der Waals surface area (Å²) in [5, 5.41) is 3.08. The minimum absolute atomic E-state index is 0.186. The fourth-order valence-electron chi connectivity index (χ4n) is 3.72. The molecule has 4 rings (SSSR count). The normalized spacial score (nSPS) is 10.5. The molecule has 2 heterocycles. The highest BCUT2D eigenvalue weighted by Gasteiger charge is 2.16. The third-order valence-corrected chi connectivity index (χ3v) is 5.65. The van der Waals surface area contributed by atoms with Crippen molar-refractivity contribution in [2.75, 3.05) is 41.8 Å². The van der Waals surface area contributed by atoms with Gasteiger partial charge in [0.15, 0.2) is 0 Å². The molecule has 0 radical (unpaired) electrons. The van der Waals surface area contributed by atoms with Gasteiger partial charge in [-0.15, -0.1) is 0 Å². The van der Waals surface area contributed by atoms with Gasteiger partial charge < -0.3 is 15.1 Å². The van der Waals surface area contributed by atoms with Gasteiger partial charge in [-0.1, -0.05) is 36.4 Å². The van der Waals surface area contributed by atoms with Crippen LogP contribution in [0.1, 0.15) is 17.3 Å². The molecule has 1 amide bonds. The van der Waals surface area contributed by atoms with Gasteiger partial charge in [-0.2, -0.15) is 0 Å². The summed E-state index contributed by atoms with van der Waals surface area (Å²) in [6.07, 6.45) is 8.34. The summed E-state index contributed by atoms with van der Waals surface area (Å²) in [6, 6.07) is 19.9. The molecule has 34 heavy (non-hydrogen) atoms. The average molecular weight is 453 g/mol. The first-order valence-corrected chi connectivity index (χ1v) is 11.3. The lowest BCUT2D eigenvalue weighted by molar-refractivity contribution is 0.102. The molecule has 7 heteroatoms. The van der Waals surface area contributed by atoms with E-state index in [-0.39, 0.29) is 5.91 Å². The van der Waals surface area contributed by atoms with Crippen molar-refractivity contribution < 1.29 is 4.79 Å². The van der Waals surface area contributed by atoms with Crippen LogP contribution in [-0.2, 0) is 0 Å². The Balaban J connectivity index is 1.62. The lowest BCUT2D eigenvalue weighted by Crippen LogP contribution is -2.34. The first kappa shape index (κ1) is 22.9. The fourth-order valence-corrected chi connectivity index (χ4v) is 3.72. The summed E-state index contributed by atoms with van der Waals surface area (Å²) in [6.45, 7) is 4.39. The van der Waals surface area contributed by atoms with Gasteiger partial charge in [-0.3, -0.25) is 14.8 Å². The number of nitrogens with one attached hydrogen (secondary N) is 1. The molecule has 2 aromatic heterocycles. The summed E-state index contributed by atoms with van der Waals surface area (Å²) in [5.41, 5.74) is 4.47. The summed E-state index contributed by atoms with van der Waals surface area (Å²) in [4.78, 5) is 29.8. The van der Waals surface area contributed by atoms with Crippen LogP contribution in [-0.4, -0.2) is 47.5 Å². The quantitative estimate of drug-likeness (QED) is 0.395. The second kappa shape index (κ2) is 11.0. The van der Waals surface area contributed by atoms with E-state index in [0.29, 0.717) is 5.56 Å². The van der Waals surface area contributed by atoms with Crippen LogP contribution in [0.15, 0.2) is 91.6 Å². The lowest BCUT2D eigenvalue weighted by atomic mass is 10.0. The van der Waals surface area contributed by atoms with E-state index >= 15 is 0 Å². The summed E-state index contributed by atoms with van der Waals surface area (Å²) < 4.78 is 0. The second-order valence-electron chi connectivity index (χ2n) is 7.86. The van der Waals surface area contributed by atoms with Crippen LogP contribution in [0, 0.1) is 0 Å². The molecule has 0 aliphatic rings. The smallest absolute Gasteiger partial charge is 0.257 e. The van der Waals surface area contributed by atoms with Crippen molar-refractivity contribution in [1.82, 2.24) is 15.0 Å². The van der Waals surface area contributed by atoms with E-state index in [1.54, 1.807) is 43.1 Å². The molecule has 0 unspecified atom stereocenters. The number of amides is 1. The maximum absolute atomic E-state index is 12.9. The van der Waals surface area contributed by atoms with Crippen molar-refractivity contribution >= 4 is 23.1 Å². The number of likely N-dealkylation sites (N-methyl/N-ethyl adjacent to an activating group) is 2. The van der Waals surface area contributed by atoms with Gasteiger partial charge in [0.25, 0.3) is 5.91 Å². The van der Waals surface area contributed by atoms with Gasteiger partial charge in [0, 0.05) is 51.5 Å². The molecule has 0 atom stereocenters. The van der Waals surface area contributed by atoms with Crippen molar-refractivity contribution in [3.8, 4) is 11.1 Å². The van der Waals surface area contributed by atoms with Crippen LogP contribution in [0.25, 0.3) is 11.1 Å². The third-order valence-electron chi connectivity index (χ3n) is 5.65. The van der Waals surface area contributed by atoms with E-state index in [1.165, 1.54) is 0 Å². The molecule has 0 aliphatic carbocycles. The number of pyridine rings is 1. The molecule has 7 nitrogen and oxygen atoms in total. The van der Waals surface area contributed by atoms with Crippen LogP contribution in [0.4, 0.5) is 17.2 Å². The number of rotatable bonds is 9. The number of aromatic nitrogens is 3. The molecular weight excluding hydrogens is 424 g/mol. The van der Waals surface area contributed by atoms with Crippen LogP contribution in [0.3, 0.4) is 0 Å². The molecule has 0 saturated heterocycles. The topological polar surface area (TPSA) is 74.2 Å². The molecule has 0 aliphatic heterocycles. The summed E-state index contributed by atoms with van der Waals surface area (Å²) in [7, 11) is 2.00. The van der Waals surface area contributed by atoms with Crippen LogP contribution in [0.5, 0.6) is 0 Å². The maximum Gasteiger partial charge on any atom is 0.257 e. The first-order valence-electron chi connectivity index (χ1n) is 11.3. The Morgan fingerprint density at radius 2 is 1.71 bits per heavy atom. The van der Waals surface area contributed by atoms with Crippen molar-refractivity contribution in [3.63, 3.8) is 0 Å². The van der Waals surface area contributed by atoms with Crippen molar-refractivity contribution in [2.45, 2.75) is 6.92 Å². The lowest BCUT2D eigenvalue weighted by Gasteiger charge is -2.29. The van der Waals surface area contributed by atoms with Gasteiger partial charge >= 0.3 is 0 Å². The zero-order valence-electron chi connectivity index (χ0n) is 19.4. The molecule has 0 spiro atoms. The van der Waals surface area contributed by atoms with E-state index in [1.807, 2.05) is 37.4 Å². The van der Waals surface area contributed by atoms with E-state index in [4.69, 9.17) is 0 Å². The molecular formula is C27H28N6O. The van der Waals surface area contributed by atoms with E-state index in [0.717, 1.165) is 48.0 Å². The third kappa shape index (κ3) is 5.56. The number of anilines is 3. The van der Waals surface area contributed by atoms with Gasteiger partial charge in [0.2, 0.25) is 0 Å². The van der Waals surface area contributed by atoms with Crippen molar-refractivity contribution in [1.29, 1.82) is 0 Å². The molecule has 0 saturated carbocycles. The van der Waals surface area contributed by atoms with Crippen LogP contribution >= 0.6 is 0 Å². The van der Waals surface area contributed by atoms with E-state index < -0.39 is 0 Å². The molecule has 2 aromatic carbocycles. The number of nitrogens with zero attached hydrogens (tertiary/aromatic N) is 5. The van der Waals surface area contributed by atoms with Crippen LogP contribution in [0.2, 0.25) is 0 Å². The molecule has 0 bridgehead atoms. The SMILES string of the molecule is CCN(CCN(C)c1cnccn1)c1cc(-c2ccccc2)ccc1NC(=O)c1cccnc1. The summed E-state index contributed by atoms with van der Waals surface area (Å²) >= 11 is 0. The van der Waals surface area contributed by atoms with Gasteiger partial charge in [-0.05, 0) is 42.3 Å². The Bertz CT molecular complexity index is 1200. The van der Waals surface area contributed by atoms with Crippen molar-refractivity contribution in [2.24, 2.45) is 0 Å². The second-order valence-corrected chi connectivity index (χ2v) is 7.86. The number of hydrogen-bond acceptors (Lipinski definition) is 6. The minimum Gasteiger partial charge on any atom is -0.368 e. The highest BCUT2D eigenvalue weighted by molar-refractivity contribution is 6.06. The minimum atomic E-state index is -0.186. The number of benzene rings is 2. The molecule has 172 valence electrons. The maximum atomic E-state index is 12.9. The van der Waals surface area contributed by atoms with Crippen LogP contribution < -0.4 is 15.1 Å².